The molecule has 144 valence electrons. The number of nitrogen functional groups attached to an aromatic ring is 1. The molecule has 0 aliphatic heterocycles. The van der Waals surface area contributed by atoms with Crippen LogP contribution < -0.4 is 21.7 Å². The lowest BCUT2D eigenvalue weighted by Gasteiger charge is -2.32. The number of rotatable bonds is 4. The van der Waals surface area contributed by atoms with Crippen molar-refractivity contribution in [2.24, 2.45) is 0 Å². The minimum atomic E-state index is -0.503. The maximum atomic E-state index is 12.0. The number of hydrogen-bond donors (Lipinski definition) is 4. The van der Waals surface area contributed by atoms with Crippen molar-refractivity contribution in [2.45, 2.75) is 64.1 Å². The summed E-state index contributed by atoms with van der Waals surface area (Å²) in [5.41, 5.74) is 7.45. The van der Waals surface area contributed by atoms with Gasteiger partial charge in [-0.3, -0.25) is 4.79 Å². The predicted octanol–water partition coefficient (Wildman–Crippen LogP) is 2.88. The van der Waals surface area contributed by atoms with Crippen LogP contribution in [-0.4, -0.2) is 36.7 Å². The Labute approximate surface area is 155 Å². The van der Waals surface area contributed by atoms with Crippen LogP contribution >= 0.6 is 0 Å². The standard InChI is InChI=1S/C19H30N4O3/c1-19(2,3)26-18(25)23-14-7-5-6-13(11-14)22-16-9-8-12(10-15(16)20)17(24)21-4/h8-10,13-14,22H,5-7,11,20H2,1-4H3,(H,21,24)(H,23,25)/t13-,14+/m1/s1. The van der Waals surface area contributed by atoms with E-state index in [0.29, 0.717) is 11.3 Å². The number of alkyl carbamates (subject to hydrolysis) is 1. The number of carbonyl (C=O) groups is 2. The first-order valence-corrected chi connectivity index (χ1v) is 9.05. The fourth-order valence-corrected chi connectivity index (χ4v) is 3.13. The van der Waals surface area contributed by atoms with Crippen LogP contribution in [0.5, 0.6) is 0 Å². The van der Waals surface area contributed by atoms with Gasteiger partial charge in [-0.05, 0) is 64.7 Å². The van der Waals surface area contributed by atoms with E-state index >= 15 is 0 Å². The molecule has 7 heteroatoms. The van der Waals surface area contributed by atoms with E-state index < -0.39 is 5.60 Å². The van der Waals surface area contributed by atoms with Crippen molar-refractivity contribution in [3.05, 3.63) is 23.8 Å². The maximum Gasteiger partial charge on any atom is 0.407 e. The fraction of sp³-hybridized carbons (Fsp3) is 0.579. The third kappa shape index (κ3) is 5.82. The summed E-state index contributed by atoms with van der Waals surface area (Å²) < 4.78 is 5.33. The molecule has 0 saturated heterocycles. The summed E-state index contributed by atoms with van der Waals surface area (Å²) in [5, 5.41) is 8.97. The summed E-state index contributed by atoms with van der Waals surface area (Å²) in [4.78, 5) is 23.6. The highest BCUT2D eigenvalue weighted by Gasteiger charge is 2.25. The highest BCUT2D eigenvalue weighted by atomic mass is 16.6. The molecule has 0 radical (unpaired) electrons. The second kappa shape index (κ2) is 8.29. The molecule has 5 N–H and O–H groups in total. The molecule has 0 bridgehead atoms. The molecule has 0 unspecified atom stereocenters. The second-order valence-corrected chi connectivity index (χ2v) is 7.73. The number of hydrogen-bond acceptors (Lipinski definition) is 5. The maximum absolute atomic E-state index is 12.0. The number of carbonyl (C=O) groups excluding carboxylic acids is 2. The molecule has 1 saturated carbocycles. The average molecular weight is 362 g/mol. The van der Waals surface area contributed by atoms with E-state index in [9.17, 15) is 9.59 Å². The number of nitrogens with one attached hydrogen (secondary N) is 3. The van der Waals surface area contributed by atoms with Crippen LogP contribution in [0.3, 0.4) is 0 Å². The molecule has 0 spiro atoms. The molecule has 2 rings (SSSR count). The third-order valence-corrected chi connectivity index (χ3v) is 4.30. The predicted molar refractivity (Wildman–Crippen MR) is 103 cm³/mol. The van der Waals surface area contributed by atoms with Crippen molar-refractivity contribution in [3.8, 4) is 0 Å². The van der Waals surface area contributed by atoms with Crippen LogP contribution in [0, 0.1) is 0 Å². The van der Waals surface area contributed by atoms with Crippen molar-refractivity contribution < 1.29 is 14.3 Å². The van der Waals surface area contributed by atoms with Crippen molar-refractivity contribution in [2.75, 3.05) is 18.1 Å². The van der Waals surface area contributed by atoms with E-state index in [1.54, 1.807) is 19.2 Å². The van der Waals surface area contributed by atoms with E-state index in [1.807, 2.05) is 26.8 Å². The van der Waals surface area contributed by atoms with Gasteiger partial charge in [0, 0.05) is 24.7 Å². The summed E-state index contributed by atoms with van der Waals surface area (Å²) in [7, 11) is 1.59. The van der Waals surface area contributed by atoms with Crippen LogP contribution in [-0.2, 0) is 4.74 Å². The van der Waals surface area contributed by atoms with Gasteiger partial charge in [-0.15, -0.1) is 0 Å². The molecule has 1 aliphatic carbocycles. The smallest absolute Gasteiger partial charge is 0.407 e. The minimum Gasteiger partial charge on any atom is -0.444 e. The Bertz CT molecular complexity index is 655. The lowest BCUT2D eigenvalue weighted by molar-refractivity contribution is 0.0491. The van der Waals surface area contributed by atoms with E-state index in [-0.39, 0.29) is 24.1 Å². The van der Waals surface area contributed by atoms with Gasteiger partial charge in [0.25, 0.3) is 5.91 Å². The van der Waals surface area contributed by atoms with Crippen molar-refractivity contribution in [1.29, 1.82) is 0 Å². The second-order valence-electron chi connectivity index (χ2n) is 7.73. The number of amides is 2. The van der Waals surface area contributed by atoms with E-state index in [4.69, 9.17) is 10.5 Å². The molecule has 1 aromatic rings. The summed E-state index contributed by atoms with van der Waals surface area (Å²) in [6.07, 6.45) is 3.37. The highest BCUT2D eigenvalue weighted by molar-refractivity contribution is 5.95. The van der Waals surface area contributed by atoms with Gasteiger partial charge in [0.15, 0.2) is 0 Å². The van der Waals surface area contributed by atoms with Gasteiger partial charge in [0.2, 0.25) is 0 Å². The summed E-state index contributed by atoms with van der Waals surface area (Å²) in [6.45, 7) is 5.55. The summed E-state index contributed by atoms with van der Waals surface area (Å²) in [6, 6.07) is 5.52. The lowest BCUT2D eigenvalue weighted by atomic mass is 9.91. The quantitative estimate of drug-likeness (QED) is 0.616. The van der Waals surface area contributed by atoms with Gasteiger partial charge in [-0.2, -0.15) is 0 Å². The number of anilines is 2. The Morgan fingerprint density at radius 3 is 2.50 bits per heavy atom. The zero-order chi connectivity index (χ0) is 19.3. The number of benzene rings is 1. The lowest BCUT2D eigenvalue weighted by Crippen LogP contribution is -2.43. The Balaban J connectivity index is 1.94. The molecule has 1 fully saturated rings. The highest BCUT2D eigenvalue weighted by Crippen LogP contribution is 2.26. The monoisotopic (exact) mass is 362 g/mol. The summed E-state index contributed by atoms with van der Waals surface area (Å²) in [5.74, 6) is -0.164. The largest absolute Gasteiger partial charge is 0.444 e. The van der Waals surface area contributed by atoms with E-state index in [0.717, 1.165) is 31.4 Å². The normalized spacial score (nSPS) is 20.2. The van der Waals surface area contributed by atoms with E-state index in [2.05, 4.69) is 16.0 Å². The molecule has 1 aliphatic rings. The third-order valence-electron chi connectivity index (χ3n) is 4.30. The first-order valence-electron chi connectivity index (χ1n) is 9.05. The fourth-order valence-electron chi connectivity index (χ4n) is 3.13. The molecule has 7 nitrogen and oxygen atoms in total. The minimum absolute atomic E-state index is 0.0717. The molecule has 2 atom stereocenters. The van der Waals surface area contributed by atoms with Gasteiger partial charge in [0.1, 0.15) is 5.60 Å². The first-order chi connectivity index (χ1) is 12.2. The Morgan fingerprint density at radius 2 is 1.88 bits per heavy atom. The van der Waals surface area contributed by atoms with Crippen molar-refractivity contribution in [3.63, 3.8) is 0 Å². The Morgan fingerprint density at radius 1 is 1.19 bits per heavy atom. The Hall–Kier alpha value is -2.44. The van der Waals surface area contributed by atoms with Crippen LogP contribution in [0.25, 0.3) is 0 Å². The topological polar surface area (TPSA) is 105 Å². The van der Waals surface area contributed by atoms with Gasteiger partial charge >= 0.3 is 6.09 Å². The van der Waals surface area contributed by atoms with Crippen LogP contribution in [0.1, 0.15) is 56.8 Å². The number of nitrogens with two attached hydrogens (primary N) is 1. The SMILES string of the molecule is CNC(=O)c1ccc(N[C@@H]2CCC[C@H](NC(=O)OC(C)(C)C)C2)c(N)c1. The van der Waals surface area contributed by atoms with Crippen LogP contribution in [0.4, 0.5) is 16.2 Å². The first kappa shape index (κ1) is 19.9. The molecule has 0 heterocycles. The van der Waals surface area contributed by atoms with Gasteiger partial charge in [-0.25, -0.2) is 4.79 Å². The van der Waals surface area contributed by atoms with Gasteiger partial charge < -0.3 is 26.4 Å². The zero-order valence-electron chi connectivity index (χ0n) is 16.0. The van der Waals surface area contributed by atoms with Crippen molar-refractivity contribution >= 4 is 23.4 Å². The molecule has 2 amide bonds. The number of ether oxygens (including phenoxy) is 1. The van der Waals surface area contributed by atoms with Gasteiger partial charge in [0.05, 0.1) is 11.4 Å². The van der Waals surface area contributed by atoms with Gasteiger partial charge in [-0.1, -0.05) is 0 Å². The molecular formula is C19H30N4O3. The molecule has 1 aromatic carbocycles. The van der Waals surface area contributed by atoms with Crippen LogP contribution in [0.2, 0.25) is 0 Å². The summed E-state index contributed by atoms with van der Waals surface area (Å²) >= 11 is 0. The van der Waals surface area contributed by atoms with Crippen molar-refractivity contribution in [1.82, 2.24) is 10.6 Å². The van der Waals surface area contributed by atoms with Crippen LogP contribution in [0.15, 0.2) is 18.2 Å². The van der Waals surface area contributed by atoms with E-state index in [1.165, 1.54) is 0 Å². The molecule has 0 aromatic heterocycles. The average Bonchev–Trinajstić information content (AvgIpc) is 2.54. The molecular weight excluding hydrogens is 332 g/mol. The Kier molecular flexibility index (Phi) is 6.34. The molecule has 26 heavy (non-hydrogen) atoms. The zero-order valence-corrected chi connectivity index (χ0v) is 16.0.